The van der Waals surface area contributed by atoms with Gasteiger partial charge in [0.15, 0.2) is 0 Å². The smallest absolute Gasteiger partial charge is 0.244 e. The molecule has 11 heteroatoms. The van der Waals surface area contributed by atoms with Crippen LogP contribution in [0.4, 0.5) is 5.69 Å². The topological polar surface area (TPSA) is 86.8 Å². The van der Waals surface area contributed by atoms with E-state index in [1.807, 2.05) is 30.3 Å². The van der Waals surface area contributed by atoms with Crippen molar-refractivity contribution in [2.24, 2.45) is 0 Å². The van der Waals surface area contributed by atoms with E-state index in [1.165, 1.54) is 4.90 Å². The van der Waals surface area contributed by atoms with Gasteiger partial charge in [-0.3, -0.25) is 13.9 Å². The molecule has 0 spiro atoms. The monoisotopic (exact) mass is 649 g/mol. The van der Waals surface area contributed by atoms with Crippen LogP contribution in [0.25, 0.3) is 0 Å². The van der Waals surface area contributed by atoms with Crippen LogP contribution < -0.4 is 9.62 Å². The van der Waals surface area contributed by atoms with Crippen molar-refractivity contribution in [2.45, 2.75) is 57.7 Å². The zero-order chi connectivity index (χ0) is 30.4. The van der Waals surface area contributed by atoms with Crippen LogP contribution in [-0.2, 0) is 32.6 Å². The molecule has 1 saturated carbocycles. The average Bonchev–Trinajstić information content (AvgIpc) is 3.43. The first-order chi connectivity index (χ1) is 19.9. The first-order valence-corrected chi connectivity index (χ1v) is 16.7. The fraction of sp³-hybridized carbons (Fsp3) is 0.355. The van der Waals surface area contributed by atoms with Gasteiger partial charge in [0.25, 0.3) is 0 Å². The molecular weight excluding hydrogens is 617 g/mol. The number of hydrogen-bond acceptors (Lipinski definition) is 4. The number of benzene rings is 3. The molecule has 1 unspecified atom stereocenters. The lowest BCUT2D eigenvalue weighted by molar-refractivity contribution is -0.140. The summed E-state index contributed by atoms with van der Waals surface area (Å²) < 4.78 is 27.1. The summed E-state index contributed by atoms with van der Waals surface area (Å²) in [6, 6.07) is 18.2. The highest BCUT2D eigenvalue weighted by Gasteiger charge is 2.34. The van der Waals surface area contributed by atoms with E-state index in [1.54, 1.807) is 43.3 Å². The minimum absolute atomic E-state index is 0.0241. The van der Waals surface area contributed by atoms with Crippen molar-refractivity contribution in [1.82, 2.24) is 10.2 Å². The maximum atomic E-state index is 14.3. The molecule has 1 N–H and O–H groups in total. The predicted octanol–water partition coefficient (Wildman–Crippen LogP) is 6.42. The zero-order valence-corrected chi connectivity index (χ0v) is 26.6. The van der Waals surface area contributed by atoms with Gasteiger partial charge < -0.3 is 10.2 Å². The Morgan fingerprint density at radius 3 is 2.21 bits per heavy atom. The highest BCUT2D eigenvalue weighted by molar-refractivity contribution is 7.92. The third kappa shape index (κ3) is 8.40. The summed E-state index contributed by atoms with van der Waals surface area (Å²) in [5, 5.41) is 4.36. The molecule has 7 nitrogen and oxygen atoms in total. The molecule has 0 aliphatic heterocycles. The van der Waals surface area contributed by atoms with Gasteiger partial charge in [-0.15, -0.1) is 0 Å². The van der Waals surface area contributed by atoms with Crippen molar-refractivity contribution < 1.29 is 18.0 Å². The molecule has 1 aliphatic rings. The van der Waals surface area contributed by atoms with Crippen LogP contribution in [0.3, 0.4) is 0 Å². The molecule has 224 valence electrons. The van der Waals surface area contributed by atoms with Crippen molar-refractivity contribution in [3.05, 3.63) is 98.5 Å². The molecule has 2 amide bonds. The third-order valence-electron chi connectivity index (χ3n) is 7.44. The van der Waals surface area contributed by atoms with Gasteiger partial charge in [0.2, 0.25) is 21.8 Å². The highest BCUT2D eigenvalue weighted by atomic mass is 35.5. The molecule has 4 rings (SSSR count). The molecule has 1 fully saturated rings. The first-order valence-electron chi connectivity index (χ1n) is 13.7. The molecule has 1 aliphatic carbocycles. The summed E-state index contributed by atoms with van der Waals surface area (Å²) in [6.45, 7) is 1.18. The minimum Gasteiger partial charge on any atom is -0.352 e. The van der Waals surface area contributed by atoms with Gasteiger partial charge in [-0.25, -0.2) is 8.42 Å². The van der Waals surface area contributed by atoms with Gasteiger partial charge in [0.1, 0.15) is 12.6 Å². The SMILES string of the molecule is Cc1cc(Cl)ccc1N(CC(=O)N(Cc1ccc(Cl)cc1Cl)C(Cc1ccccc1)C(=O)NC1CCCC1)S(C)(=O)=O. The number of carbonyl (C=O) groups is 2. The van der Waals surface area contributed by atoms with E-state index in [2.05, 4.69) is 5.32 Å². The van der Waals surface area contributed by atoms with Crippen molar-refractivity contribution >= 4 is 62.3 Å². The van der Waals surface area contributed by atoms with Crippen LogP contribution in [0, 0.1) is 6.92 Å². The van der Waals surface area contributed by atoms with Crippen molar-refractivity contribution in [3.8, 4) is 0 Å². The van der Waals surface area contributed by atoms with Crippen LogP contribution >= 0.6 is 34.8 Å². The molecule has 0 bridgehead atoms. The van der Waals surface area contributed by atoms with Crippen LogP contribution in [0.1, 0.15) is 42.4 Å². The number of nitrogens with zero attached hydrogens (tertiary/aromatic N) is 2. The van der Waals surface area contributed by atoms with E-state index < -0.39 is 28.5 Å². The quantitative estimate of drug-likeness (QED) is 0.260. The van der Waals surface area contributed by atoms with Gasteiger partial charge >= 0.3 is 0 Å². The van der Waals surface area contributed by atoms with E-state index in [9.17, 15) is 18.0 Å². The average molecular weight is 651 g/mol. The van der Waals surface area contributed by atoms with Crippen molar-refractivity contribution in [3.63, 3.8) is 0 Å². The molecule has 0 saturated heterocycles. The Morgan fingerprint density at radius 2 is 1.60 bits per heavy atom. The van der Waals surface area contributed by atoms with Crippen molar-refractivity contribution in [1.29, 1.82) is 0 Å². The molecule has 0 aromatic heterocycles. The summed E-state index contributed by atoms with van der Waals surface area (Å²) >= 11 is 18.8. The van der Waals surface area contributed by atoms with Crippen molar-refractivity contribution in [2.75, 3.05) is 17.1 Å². The number of hydrogen-bond donors (Lipinski definition) is 1. The minimum atomic E-state index is -3.89. The number of halogens is 3. The van der Waals surface area contributed by atoms with Crippen LogP contribution in [0.2, 0.25) is 15.1 Å². The molecule has 0 heterocycles. The lowest BCUT2D eigenvalue weighted by Crippen LogP contribution is -2.54. The Balaban J connectivity index is 1.76. The second-order valence-electron chi connectivity index (χ2n) is 10.7. The Kier molecular flexibility index (Phi) is 10.8. The number of rotatable bonds is 11. The maximum absolute atomic E-state index is 14.3. The standard InChI is InChI=1S/C31H34Cl3N3O4S/c1-21-16-24(32)14-15-28(21)37(42(2,40)41)20-30(38)36(19-23-12-13-25(33)18-27(23)34)29(17-22-8-4-3-5-9-22)31(39)35-26-10-6-7-11-26/h3-5,8-9,12-16,18,26,29H,6-7,10-11,17,19-20H2,1-2H3,(H,35,39). The normalized spacial score (nSPS) is 14.4. The summed E-state index contributed by atoms with van der Waals surface area (Å²) in [4.78, 5) is 29.6. The number of aryl methyl sites for hydroxylation is 1. The number of anilines is 1. The molecular formula is C31H34Cl3N3O4S. The second kappa shape index (κ2) is 14.1. The lowest BCUT2D eigenvalue weighted by Gasteiger charge is -2.34. The van der Waals surface area contributed by atoms with E-state index >= 15 is 0 Å². The lowest BCUT2D eigenvalue weighted by atomic mass is 10.0. The van der Waals surface area contributed by atoms with Crippen LogP contribution in [0.15, 0.2) is 66.7 Å². The number of carbonyl (C=O) groups excluding carboxylic acids is 2. The van der Waals surface area contributed by atoms with Gasteiger partial charge in [0, 0.05) is 34.1 Å². The fourth-order valence-electron chi connectivity index (χ4n) is 5.25. The van der Waals surface area contributed by atoms with Gasteiger partial charge in [-0.05, 0) is 66.8 Å². The van der Waals surface area contributed by atoms with E-state index in [0.717, 1.165) is 41.8 Å². The molecule has 42 heavy (non-hydrogen) atoms. The Morgan fingerprint density at radius 1 is 0.952 bits per heavy atom. The zero-order valence-electron chi connectivity index (χ0n) is 23.5. The molecule has 3 aromatic carbocycles. The Bertz CT molecular complexity index is 1530. The molecule has 1 atom stereocenters. The summed E-state index contributed by atoms with van der Waals surface area (Å²) in [5.74, 6) is -0.846. The van der Waals surface area contributed by atoms with E-state index in [0.29, 0.717) is 31.9 Å². The molecule has 3 aromatic rings. The summed E-state index contributed by atoms with van der Waals surface area (Å²) in [5.41, 5.74) is 2.36. The maximum Gasteiger partial charge on any atom is 0.244 e. The fourth-order valence-corrected chi connectivity index (χ4v) is 6.85. The number of sulfonamides is 1. The van der Waals surface area contributed by atoms with E-state index in [4.69, 9.17) is 34.8 Å². The highest BCUT2D eigenvalue weighted by Crippen LogP contribution is 2.28. The summed E-state index contributed by atoms with van der Waals surface area (Å²) in [7, 11) is -3.89. The number of amides is 2. The second-order valence-corrected chi connectivity index (χ2v) is 13.8. The van der Waals surface area contributed by atoms with Crippen LogP contribution in [-0.4, -0.2) is 50.0 Å². The number of nitrogens with one attached hydrogen (secondary N) is 1. The predicted molar refractivity (Wildman–Crippen MR) is 170 cm³/mol. The Hall–Kier alpha value is -2.78. The van der Waals surface area contributed by atoms with Crippen LogP contribution in [0.5, 0.6) is 0 Å². The third-order valence-corrected chi connectivity index (χ3v) is 9.38. The summed E-state index contributed by atoms with van der Waals surface area (Å²) in [6.07, 6.45) is 5.08. The van der Waals surface area contributed by atoms with Gasteiger partial charge in [-0.2, -0.15) is 0 Å². The van der Waals surface area contributed by atoms with Gasteiger partial charge in [-0.1, -0.05) is 84.0 Å². The van der Waals surface area contributed by atoms with E-state index in [-0.39, 0.29) is 24.9 Å². The largest absolute Gasteiger partial charge is 0.352 e. The first kappa shape index (κ1) is 32.1. The Labute approximate surface area is 262 Å². The molecule has 0 radical (unpaired) electrons. The van der Waals surface area contributed by atoms with Gasteiger partial charge in [0.05, 0.1) is 11.9 Å².